The van der Waals surface area contributed by atoms with Gasteiger partial charge in [-0.2, -0.15) is 10.1 Å². The van der Waals surface area contributed by atoms with E-state index in [2.05, 4.69) is 15.1 Å². The van der Waals surface area contributed by atoms with Crippen molar-refractivity contribution in [2.45, 2.75) is 19.4 Å². The quantitative estimate of drug-likeness (QED) is 0.869. The van der Waals surface area contributed by atoms with Gasteiger partial charge in [0, 0.05) is 11.9 Å². The number of fused-ring (bicyclic) bond motifs is 1. The number of carboxylic acids is 1. The SMILES string of the molecule is CCc1c(C(=O)N2CSCC2C(=O)O)cnc2ncnn12. The van der Waals surface area contributed by atoms with Gasteiger partial charge in [0.25, 0.3) is 11.7 Å². The predicted octanol–water partition coefficient (Wildman–Crippen LogP) is 0.286. The first-order chi connectivity index (χ1) is 10.1. The standard InChI is InChI=1S/C12H13N5O3S/c1-2-8-7(3-13-12-14-5-15-17(8)12)10(18)16-6-21-4-9(16)11(19)20/h3,5,9H,2,4,6H2,1H3,(H,19,20). The molecular weight excluding hydrogens is 294 g/mol. The van der Waals surface area contributed by atoms with Crippen molar-refractivity contribution in [3.05, 3.63) is 23.8 Å². The molecule has 2 aromatic rings. The molecule has 0 saturated carbocycles. The molecule has 21 heavy (non-hydrogen) atoms. The number of hydrogen-bond donors (Lipinski definition) is 1. The van der Waals surface area contributed by atoms with Crippen LogP contribution in [0.5, 0.6) is 0 Å². The van der Waals surface area contributed by atoms with E-state index in [-0.39, 0.29) is 5.91 Å². The highest BCUT2D eigenvalue weighted by atomic mass is 32.2. The molecule has 1 unspecified atom stereocenters. The second kappa shape index (κ2) is 5.32. The minimum absolute atomic E-state index is 0.325. The molecule has 1 N–H and O–H groups in total. The summed E-state index contributed by atoms with van der Waals surface area (Å²) in [5.41, 5.74) is 1.06. The summed E-state index contributed by atoms with van der Waals surface area (Å²) in [6, 6.07) is -0.793. The number of hydrogen-bond acceptors (Lipinski definition) is 6. The lowest BCUT2D eigenvalue weighted by Crippen LogP contribution is -2.42. The molecule has 1 aliphatic rings. The average molecular weight is 307 g/mol. The number of carbonyl (C=O) groups is 2. The van der Waals surface area contributed by atoms with E-state index in [1.54, 1.807) is 0 Å². The van der Waals surface area contributed by atoms with Gasteiger partial charge in [0.1, 0.15) is 12.4 Å². The minimum atomic E-state index is -0.985. The Bertz CT molecular complexity index is 716. The molecule has 0 bridgehead atoms. The molecule has 3 rings (SSSR count). The highest BCUT2D eigenvalue weighted by molar-refractivity contribution is 7.99. The van der Waals surface area contributed by atoms with Gasteiger partial charge in [-0.15, -0.1) is 11.8 Å². The van der Waals surface area contributed by atoms with E-state index >= 15 is 0 Å². The smallest absolute Gasteiger partial charge is 0.327 e. The van der Waals surface area contributed by atoms with Crippen molar-refractivity contribution < 1.29 is 14.7 Å². The van der Waals surface area contributed by atoms with Gasteiger partial charge in [-0.25, -0.2) is 14.3 Å². The number of carbonyl (C=O) groups excluding carboxylic acids is 1. The zero-order valence-corrected chi connectivity index (χ0v) is 12.1. The molecule has 3 heterocycles. The van der Waals surface area contributed by atoms with Crippen LogP contribution in [0.2, 0.25) is 0 Å². The van der Waals surface area contributed by atoms with Crippen molar-refractivity contribution in [2.75, 3.05) is 11.6 Å². The number of rotatable bonds is 3. The summed E-state index contributed by atoms with van der Waals surface area (Å²) >= 11 is 1.43. The Hall–Kier alpha value is -2.16. The van der Waals surface area contributed by atoms with E-state index in [1.165, 1.54) is 33.7 Å². The second-order valence-corrected chi connectivity index (χ2v) is 5.57. The van der Waals surface area contributed by atoms with E-state index < -0.39 is 12.0 Å². The van der Waals surface area contributed by atoms with Gasteiger partial charge >= 0.3 is 5.97 Å². The first kappa shape index (κ1) is 13.8. The normalized spacial score (nSPS) is 18.3. The fourth-order valence-electron chi connectivity index (χ4n) is 2.35. The van der Waals surface area contributed by atoms with Gasteiger partial charge in [0.15, 0.2) is 0 Å². The maximum Gasteiger partial charge on any atom is 0.327 e. The summed E-state index contributed by atoms with van der Waals surface area (Å²) < 4.78 is 1.52. The first-order valence-electron chi connectivity index (χ1n) is 6.42. The Labute approximate surface area is 124 Å². The predicted molar refractivity (Wildman–Crippen MR) is 75.1 cm³/mol. The van der Waals surface area contributed by atoms with Crippen LogP contribution in [0.3, 0.4) is 0 Å². The first-order valence-corrected chi connectivity index (χ1v) is 7.58. The molecular formula is C12H13N5O3S. The summed E-state index contributed by atoms with van der Waals surface area (Å²) in [7, 11) is 0. The third kappa shape index (κ3) is 2.23. The fourth-order valence-corrected chi connectivity index (χ4v) is 3.49. The lowest BCUT2D eigenvalue weighted by atomic mass is 10.1. The van der Waals surface area contributed by atoms with E-state index in [1.807, 2.05) is 6.92 Å². The molecule has 0 aliphatic carbocycles. The maximum atomic E-state index is 12.7. The average Bonchev–Trinajstić information content (AvgIpc) is 3.13. The third-order valence-corrected chi connectivity index (χ3v) is 4.41. The monoisotopic (exact) mass is 307 g/mol. The van der Waals surface area contributed by atoms with Crippen LogP contribution in [-0.2, 0) is 11.2 Å². The zero-order valence-electron chi connectivity index (χ0n) is 11.3. The van der Waals surface area contributed by atoms with Crippen molar-refractivity contribution in [3.8, 4) is 0 Å². The number of nitrogens with zero attached hydrogens (tertiary/aromatic N) is 5. The minimum Gasteiger partial charge on any atom is -0.480 e. The van der Waals surface area contributed by atoms with Crippen LogP contribution >= 0.6 is 11.8 Å². The van der Waals surface area contributed by atoms with Crippen LogP contribution in [-0.4, -0.2) is 59.1 Å². The van der Waals surface area contributed by atoms with Crippen LogP contribution in [0, 0.1) is 0 Å². The van der Waals surface area contributed by atoms with Crippen molar-refractivity contribution in [2.24, 2.45) is 0 Å². The Morgan fingerprint density at radius 3 is 3.00 bits per heavy atom. The third-order valence-electron chi connectivity index (χ3n) is 3.40. The molecule has 1 aliphatic heterocycles. The Balaban J connectivity index is 2.03. The number of aryl methyl sites for hydroxylation is 1. The maximum absolute atomic E-state index is 12.7. The van der Waals surface area contributed by atoms with E-state index in [0.29, 0.717) is 35.1 Å². The molecule has 1 amide bonds. The summed E-state index contributed by atoms with van der Waals surface area (Å²) in [5.74, 6) is -0.111. The Morgan fingerprint density at radius 1 is 1.48 bits per heavy atom. The number of amides is 1. The summed E-state index contributed by atoms with van der Waals surface area (Å²) in [4.78, 5) is 33.3. The largest absolute Gasteiger partial charge is 0.480 e. The van der Waals surface area contributed by atoms with Crippen molar-refractivity contribution in [3.63, 3.8) is 0 Å². The summed E-state index contributed by atoms with van der Waals surface area (Å²) in [5, 5.41) is 13.3. The number of thioether (sulfide) groups is 1. The topological polar surface area (TPSA) is 101 Å². The van der Waals surface area contributed by atoms with Gasteiger partial charge in [-0.05, 0) is 6.42 Å². The van der Waals surface area contributed by atoms with E-state index in [9.17, 15) is 14.7 Å². The van der Waals surface area contributed by atoms with Crippen molar-refractivity contribution in [1.82, 2.24) is 24.5 Å². The molecule has 0 spiro atoms. The van der Waals surface area contributed by atoms with Gasteiger partial charge in [-0.3, -0.25) is 4.79 Å². The summed E-state index contributed by atoms with van der Waals surface area (Å²) in [6.45, 7) is 1.90. The molecule has 1 atom stereocenters. The van der Waals surface area contributed by atoms with Gasteiger partial charge in [0.05, 0.1) is 17.1 Å². The van der Waals surface area contributed by atoms with Crippen LogP contribution < -0.4 is 0 Å². The molecule has 1 fully saturated rings. The van der Waals surface area contributed by atoms with Crippen LogP contribution in [0.15, 0.2) is 12.5 Å². The highest BCUT2D eigenvalue weighted by Gasteiger charge is 2.36. The molecule has 1 saturated heterocycles. The lowest BCUT2D eigenvalue weighted by molar-refractivity contribution is -0.140. The van der Waals surface area contributed by atoms with Gasteiger partial charge < -0.3 is 10.0 Å². The number of aliphatic carboxylic acids is 1. The van der Waals surface area contributed by atoms with E-state index in [0.717, 1.165) is 0 Å². The van der Waals surface area contributed by atoms with Crippen molar-refractivity contribution >= 4 is 29.4 Å². The molecule has 9 heteroatoms. The zero-order chi connectivity index (χ0) is 15.0. The summed E-state index contributed by atoms with van der Waals surface area (Å²) in [6.07, 6.45) is 3.40. The fraction of sp³-hybridized carbons (Fsp3) is 0.417. The van der Waals surface area contributed by atoms with E-state index in [4.69, 9.17) is 0 Å². The van der Waals surface area contributed by atoms with Crippen LogP contribution in [0.25, 0.3) is 5.78 Å². The van der Waals surface area contributed by atoms with Crippen LogP contribution in [0.1, 0.15) is 23.0 Å². The highest BCUT2D eigenvalue weighted by Crippen LogP contribution is 2.24. The van der Waals surface area contributed by atoms with Crippen LogP contribution in [0.4, 0.5) is 0 Å². The van der Waals surface area contributed by atoms with Crippen molar-refractivity contribution in [1.29, 1.82) is 0 Å². The molecule has 110 valence electrons. The number of aromatic nitrogens is 4. The second-order valence-electron chi connectivity index (χ2n) is 4.57. The lowest BCUT2D eigenvalue weighted by Gasteiger charge is -2.21. The molecule has 0 radical (unpaired) electrons. The van der Waals surface area contributed by atoms with Gasteiger partial charge in [-0.1, -0.05) is 6.92 Å². The molecule has 2 aromatic heterocycles. The molecule has 0 aromatic carbocycles. The Kier molecular flexibility index (Phi) is 3.50. The Morgan fingerprint density at radius 2 is 2.29 bits per heavy atom. The number of carboxylic acid groups (broad SMARTS) is 1. The molecule has 8 nitrogen and oxygen atoms in total. The van der Waals surface area contributed by atoms with Gasteiger partial charge in [0.2, 0.25) is 0 Å².